The first-order valence-corrected chi connectivity index (χ1v) is 8.27. The molecule has 1 aromatic heterocycles. The first kappa shape index (κ1) is 14.9. The van der Waals surface area contributed by atoms with Crippen LogP contribution in [0, 0.1) is 0 Å². The number of para-hydroxylation sites is 1. The Morgan fingerprint density at radius 1 is 1.12 bits per heavy atom. The molecule has 0 fully saturated rings. The largest absolute Gasteiger partial charge is 0.375 e. The van der Waals surface area contributed by atoms with Gasteiger partial charge in [-0.25, -0.2) is 4.98 Å². The Kier molecular flexibility index (Phi) is 3.19. The number of benzene rings is 2. The van der Waals surface area contributed by atoms with Gasteiger partial charge in [0.05, 0.1) is 16.3 Å². The van der Waals surface area contributed by atoms with E-state index in [1.165, 1.54) is 4.90 Å². The van der Waals surface area contributed by atoms with Crippen molar-refractivity contribution in [2.45, 2.75) is 5.60 Å². The Balaban J connectivity index is 1.99. The Morgan fingerprint density at radius 3 is 2.54 bits per heavy atom. The van der Waals surface area contributed by atoms with Gasteiger partial charge in [-0.2, -0.15) is 0 Å². The second-order valence-corrected chi connectivity index (χ2v) is 6.72. The van der Waals surface area contributed by atoms with E-state index in [1.54, 1.807) is 13.1 Å². The van der Waals surface area contributed by atoms with Gasteiger partial charge in [0.25, 0.3) is 5.91 Å². The summed E-state index contributed by atoms with van der Waals surface area (Å²) in [4.78, 5) is 19.2. The summed E-state index contributed by atoms with van der Waals surface area (Å²) in [5.41, 5.74) is 6.74. The topological polar surface area (TPSA) is 79.5 Å². The second kappa shape index (κ2) is 5.15. The smallest absolute Gasteiger partial charge is 0.269 e. The molecule has 120 valence electrons. The van der Waals surface area contributed by atoms with E-state index in [4.69, 9.17) is 5.73 Å². The number of carbonyl (C=O) groups is 1. The normalized spacial score (nSPS) is 19.6. The molecule has 3 aromatic rings. The zero-order chi connectivity index (χ0) is 16.9. The number of rotatable bonds is 2. The third-order valence-electron chi connectivity index (χ3n) is 4.29. The maximum absolute atomic E-state index is 12.9. The minimum atomic E-state index is -1.77. The van der Waals surface area contributed by atoms with Crippen LogP contribution in [0.4, 0.5) is 10.8 Å². The zero-order valence-corrected chi connectivity index (χ0v) is 13.7. The average molecular weight is 337 g/mol. The van der Waals surface area contributed by atoms with Crippen molar-refractivity contribution in [2.75, 3.05) is 17.7 Å². The van der Waals surface area contributed by atoms with E-state index in [2.05, 4.69) is 4.98 Å². The van der Waals surface area contributed by atoms with Crippen molar-refractivity contribution in [1.29, 1.82) is 0 Å². The van der Waals surface area contributed by atoms with Crippen LogP contribution in [0.1, 0.15) is 10.4 Å². The van der Waals surface area contributed by atoms with Crippen LogP contribution >= 0.6 is 11.3 Å². The molecular formula is C18H15N3O2S. The molecular weight excluding hydrogens is 322 g/mol. The number of nitrogen functional groups attached to an aromatic ring is 1. The quantitative estimate of drug-likeness (QED) is 0.753. The Bertz CT molecular complexity index is 938. The highest BCUT2D eigenvalue weighted by Gasteiger charge is 2.52. The highest BCUT2D eigenvalue weighted by molar-refractivity contribution is 7.16. The predicted octanol–water partition coefficient (Wildman–Crippen LogP) is 2.60. The molecule has 0 spiro atoms. The molecule has 5 nitrogen and oxygen atoms in total. The third kappa shape index (κ3) is 1.90. The molecule has 0 unspecified atom stereocenters. The summed E-state index contributed by atoms with van der Waals surface area (Å²) in [5, 5.41) is 11.7. The van der Waals surface area contributed by atoms with Gasteiger partial charge in [0.1, 0.15) is 0 Å². The molecule has 1 aliphatic heterocycles. The van der Waals surface area contributed by atoms with E-state index in [-0.39, 0.29) is 0 Å². The maximum atomic E-state index is 12.9. The van der Waals surface area contributed by atoms with Crippen LogP contribution in [0.2, 0.25) is 0 Å². The van der Waals surface area contributed by atoms with Gasteiger partial charge in [-0.3, -0.25) is 4.79 Å². The van der Waals surface area contributed by atoms with E-state index >= 15 is 0 Å². The second-order valence-electron chi connectivity index (χ2n) is 5.69. The number of anilines is 2. The number of nitrogens with two attached hydrogens (primary N) is 1. The van der Waals surface area contributed by atoms with Gasteiger partial charge in [-0.15, -0.1) is 0 Å². The number of aromatic nitrogens is 1. The van der Waals surface area contributed by atoms with Crippen LogP contribution in [-0.2, 0) is 10.4 Å². The molecule has 6 heteroatoms. The van der Waals surface area contributed by atoms with Gasteiger partial charge < -0.3 is 15.7 Å². The Morgan fingerprint density at radius 2 is 1.79 bits per heavy atom. The average Bonchev–Trinajstić information content (AvgIpc) is 3.10. The molecule has 3 N–H and O–H groups in total. The van der Waals surface area contributed by atoms with Crippen LogP contribution in [-0.4, -0.2) is 23.0 Å². The maximum Gasteiger partial charge on any atom is 0.269 e. The number of fused-ring (bicyclic) bond motifs is 1. The molecule has 24 heavy (non-hydrogen) atoms. The van der Waals surface area contributed by atoms with Crippen molar-refractivity contribution in [3.05, 3.63) is 65.0 Å². The standard InChI is InChI=1S/C18H15N3O2S/c1-21-13-10-6-5-9-12(13)18(23,16(21)22)15-14(20-17(19)24-15)11-7-3-2-4-8-11/h2-10,23H,1H3,(H2,19,20)/t18-/m0/s1. The van der Waals surface area contributed by atoms with Gasteiger partial charge in [-0.05, 0) is 6.07 Å². The van der Waals surface area contributed by atoms with Crippen molar-refractivity contribution >= 4 is 28.1 Å². The van der Waals surface area contributed by atoms with Crippen molar-refractivity contribution in [3.63, 3.8) is 0 Å². The van der Waals surface area contributed by atoms with Crippen LogP contribution in [0.25, 0.3) is 11.3 Å². The highest BCUT2D eigenvalue weighted by Crippen LogP contribution is 2.48. The van der Waals surface area contributed by atoms with Crippen LogP contribution in [0.5, 0.6) is 0 Å². The number of likely N-dealkylation sites (N-methyl/N-ethyl adjacent to an activating group) is 1. The van der Waals surface area contributed by atoms with Crippen LogP contribution in [0.3, 0.4) is 0 Å². The molecule has 4 rings (SSSR count). The van der Waals surface area contributed by atoms with Gasteiger partial charge in [0.15, 0.2) is 5.13 Å². The summed E-state index contributed by atoms with van der Waals surface area (Å²) >= 11 is 1.14. The van der Waals surface area contributed by atoms with Crippen LogP contribution in [0.15, 0.2) is 54.6 Å². The number of nitrogens with zero attached hydrogens (tertiary/aromatic N) is 2. The SMILES string of the molecule is CN1C(=O)[C@@](O)(c2sc(N)nc2-c2ccccc2)c2ccccc21. The van der Waals surface area contributed by atoms with E-state index in [0.29, 0.717) is 27.0 Å². The molecule has 1 aliphatic rings. The molecule has 0 aliphatic carbocycles. The molecule has 1 atom stereocenters. The third-order valence-corrected chi connectivity index (χ3v) is 5.28. The minimum Gasteiger partial charge on any atom is -0.375 e. The molecule has 0 bridgehead atoms. The summed E-state index contributed by atoms with van der Waals surface area (Å²) < 4.78 is 0. The lowest BCUT2D eigenvalue weighted by Gasteiger charge is -2.21. The highest BCUT2D eigenvalue weighted by atomic mass is 32.1. The van der Waals surface area contributed by atoms with E-state index in [0.717, 1.165) is 16.9 Å². The van der Waals surface area contributed by atoms with Gasteiger partial charge >= 0.3 is 0 Å². The molecule has 0 saturated carbocycles. The summed E-state index contributed by atoms with van der Waals surface area (Å²) in [6, 6.07) is 16.7. The predicted molar refractivity (Wildman–Crippen MR) is 94.8 cm³/mol. The lowest BCUT2D eigenvalue weighted by atomic mass is 9.91. The number of hydrogen-bond donors (Lipinski definition) is 2. The fraction of sp³-hybridized carbons (Fsp3) is 0.111. The van der Waals surface area contributed by atoms with E-state index < -0.39 is 11.5 Å². The Hall–Kier alpha value is -2.70. The van der Waals surface area contributed by atoms with Gasteiger partial charge in [0.2, 0.25) is 5.60 Å². The fourth-order valence-corrected chi connectivity index (χ4v) is 4.08. The first-order chi connectivity index (χ1) is 11.5. The van der Waals surface area contributed by atoms with Gasteiger partial charge in [0, 0.05) is 18.2 Å². The van der Waals surface area contributed by atoms with Crippen molar-refractivity contribution in [3.8, 4) is 11.3 Å². The molecule has 0 saturated heterocycles. The van der Waals surface area contributed by atoms with Gasteiger partial charge in [-0.1, -0.05) is 59.9 Å². The number of aliphatic hydroxyl groups is 1. The summed E-state index contributed by atoms with van der Waals surface area (Å²) in [6.07, 6.45) is 0. The van der Waals surface area contributed by atoms with Crippen molar-refractivity contribution in [2.24, 2.45) is 0 Å². The summed E-state index contributed by atoms with van der Waals surface area (Å²) in [7, 11) is 1.66. The number of thiazole rings is 1. The monoisotopic (exact) mass is 337 g/mol. The summed E-state index contributed by atoms with van der Waals surface area (Å²) in [5.74, 6) is -0.399. The molecule has 2 aromatic carbocycles. The number of carbonyl (C=O) groups excluding carboxylic acids is 1. The number of hydrogen-bond acceptors (Lipinski definition) is 5. The number of amides is 1. The molecule has 2 heterocycles. The first-order valence-electron chi connectivity index (χ1n) is 7.45. The molecule has 1 amide bonds. The lowest BCUT2D eigenvalue weighted by molar-refractivity contribution is -0.131. The zero-order valence-electron chi connectivity index (χ0n) is 12.9. The fourth-order valence-electron chi connectivity index (χ4n) is 3.13. The van der Waals surface area contributed by atoms with Crippen molar-refractivity contribution in [1.82, 2.24) is 4.98 Å². The minimum absolute atomic E-state index is 0.317. The Labute approximate surface area is 143 Å². The van der Waals surface area contributed by atoms with Crippen LogP contribution < -0.4 is 10.6 Å². The summed E-state index contributed by atoms with van der Waals surface area (Å²) in [6.45, 7) is 0. The van der Waals surface area contributed by atoms with E-state index in [1.807, 2.05) is 48.5 Å². The lowest BCUT2D eigenvalue weighted by Crippen LogP contribution is -2.39. The molecule has 0 radical (unpaired) electrons. The van der Waals surface area contributed by atoms with Crippen molar-refractivity contribution < 1.29 is 9.90 Å². The van der Waals surface area contributed by atoms with E-state index in [9.17, 15) is 9.90 Å².